The van der Waals surface area contributed by atoms with Gasteiger partial charge in [0.1, 0.15) is 5.52 Å². The molecule has 0 aromatic carbocycles. The molecule has 0 atom stereocenters. The molecule has 4 heteroatoms. The summed E-state index contributed by atoms with van der Waals surface area (Å²) in [5.41, 5.74) is 1.57. The van der Waals surface area contributed by atoms with Crippen LogP contribution in [-0.2, 0) is 0 Å². The monoisotopic (exact) mass is 161 g/mol. The van der Waals surface area contributed by atoms with Crippen molar-refractivity contribution in [1.82, 2.24) is 15.0 Å². The lowest BCUT2D eigenvalue weighted by molar-refractivity contribution is 0.381. The van der Waals surface area contributed by atoms with Crippen molar-refractivity contribution < 1.29 is 4.74 Å². The van der Waals surface area contributed by atoms with Crippen LogP contribution in [0.2, 0.25) is 0 Å². The van der Waals surface area contributed by atoms with Crippen molar-refractivity contribution in [2.75, 3.05) is 7.11 Å². The Hall–Kier alpha value is -1.71. The van der Waals surface area contributed by atoms with Crippen LogP contribution >= 0.6 is 0 Å². The molecule has 0 spiro atoms. The lowest BCUT2D eigenvalue weighted by Gasteiger charge is -1.97. The van der Waals surface area contributed by atoms with Crippen molar-refractivity contribution in [2.24, 2.45) is 0 Å². The Balaban J connectivity index is 2.67. The minimum atomic E-state index is 0.371. The van der Waals surface area contributed by atoms with Gasteiger partial charge in [-0.3, -0.25) is 4.98 Å². The van der Waals surface area contributed by atoms with Gasteiger partial charge in [-0.2, -0.15) is 4.98 Å². The van der Waals surface area contributed by atoms with E-state index in [9.17, 15) is 0 Å². The third kappa shape index (κ3) is 1.07. The fraction of sp³-hybridized carbons (Fsp3) is 0.125. The van der Waals surface area contributed by atoms with Gasteiger partial charge >= 0.3 is 6.01 Å². The quantitative estimate of drug-likeness (QED) is 0.626. The average molecular weight is 161 g/mol. The molecular formula is C8H7N3O. The molecule has 2 heterocycles. The second-order valence-electron chi connectivity index (χ2n) is 2.26. The van der Waals surface area contributed by atoms with E-state index in [1.54, 1.807) is 12.4 Å². The van der Waals surface area contributed by atoms with Gasteiger partial charge in [-0.1, -0.05) is 0 Å². The van der Waals surface area contributed by atoms with Crippen LogP contribution < -0.4 is 4.74 Å². The molecule has 2 aromatic rings. The van der Waals surface area contributed by atoms with Crippen LogP contribution in [0.3, 0.4) is 0 Å². The van der Waals surface area contributed by atoms with Crippen LogP contribution in [0.1, 0.15) is 0 Å². The Morgan fingerprint density at radius 1 is 1.25 bits per heavy atom. The second kappa shape index (κ2) is 2.73. The first-order chi connectivity index (χ1) is 5.90. The summed E-state index contributed by atoms with van der Waals surface area (Å²) in [6.07, 6.45) is 3.35. The summed E-state index contributed by atoms with van der Waals surface area (Å²) in [7, 11) is 1.54. The molecule has 0 bridgehead atoms. The van der Waals surface area contributed by atoms with E-state index in [1.807, 2.05) is 12.1 Å². The smallest absolute Gasteiger partial charge is 0.316 e. The molecule has 0 fully saturated rings. The van der Waals surface area contributed by atoms with Crippen molar-refractivity contribution in [3.05, 3.63) is 24.5 Å². The van der Waals surface area contributed by atoms with E-state index in [1.165, 1.54) is 7.11 Å². The van der Waals surface area contributed by atoms with Gasteiger partial charge < -0.3 is 4.74 Å². The fourth-order valence-electron chi connectivity index (χ4n) is 0.950. The van der Waals surface area contributed by atoms with Gasteiger partial charge in [-0.15, -0.1) is 0 Å². The topological polar surface area (TPSA) is 47.9 Å². The van der Waals surface area contributed by atoms with E-state index in [4.69, 9.17) is 4.74 Å². The highest BCUT2D eigenvalue weighted by molar-refractivity contribution is 5.72. The predicted molar refractivity (Wildman–Crippen MR) is 43.9 cm³/mol. The Kier molecular flexibility index (Phi) is 1.59. The molecule has 0 aliphatic heterocycles. The second-order valence-corrected chi connectivity index (χ2v) is 2.26. The Bertz CT molecular complexity index is 402. The number of rotatable bonds is 1. The normalized spacial score (nSPS) is 10.1. The maximum atomic E-state index is 4.87. The van der Waals surface area contributed by atoms with Gasteiger partial charge in [0.25, 0.3) is 0 Å². The minimum absolute atomic E-state index is 0.371. The number of aromatic nitrogens is 3. The molecule has 0 unspecified atom stereocenters. The Labute approximate surface area is 69.3 Å². The third-order valence-electron chi connectivity index (χ3n) is 1.51. The molecule has 0 radical (unpaired) electrons. The molecule has 0 saturated heterocycles. The van der Waals surface area contributed by atoms with Gasteiger partial charge in [0, 0.05) is 6.20 Å². The molecule has 0 aliphatic carbocycles. The highest BCUT2D eigenvalue weighted by atomic mass is 16.5. The van der Waals surface area contributed by atoms with Gasteiger partial charge in [-0.25, -0.2) is 4.98 Å². The van der Waals surface area contributed by atoms with Gasteiger partial charge in [0.15, 0.2) is 0 Å². The van der Waals surface area contributed by atoms with E-state index in [0.717, 1.165) is 11.0 Å². The largest absolute Gasteiger partial charge is 0.467 e. The van der Waals surface area contributed by atoms with E-state index in [2.05, 4.69) is 15.0 Å². The number of hydrogen-bond donors (Lipinski definition) is 0. The van der Waals surface area contributed by atoms with Gasteiger partial charge in [-0.05, 0) is 12.1 Å². The summed E-state index contributed by atoms with van der Waals surface area (Å²) < 4.78 is 4.87. The highest BCUT2D eigenvalue weighted by Gasteiger charge is 1.97. The van der Waals surface area contributed by atoms with Crippen molar-refractivity contribution in [3.8, 4) is 6.01 Å². The van der Waals surface area contributed by atoms with Crippen LogP contribution in [-0.4, -0.2) is 22.1 Å². The van der Waals surface area contributed by atoms with Crippen LogP contribution in [0.15, 0.2) is 24.5 Å². The molecule has 60 valence electrons. The number of methoxy groups -OCH3 is 1. The van der Waals surface area contributed by atoms with Crippen molar-refractivity contribution in [3.63, 3.8) is 0 Å². The number of fused-ring (bicyclic) bond motifs is 1. The molecule has 0 amide bonds. The number of ether oxygens (including phenoxy) is 1. The Morgan fingerprint density at radius 3 is 3.00 bits per heavy atom. The minimum Gasteiger partial charge on any atom is -0.467 e. The zero-order chi connectivity index (χ0) is 8.39. The lowest BCUT2D eigenvalue weighted by atomic mass is 10.4. The van der Waals surface area contributed by atoms with Crippen molar-refractivity contribution >= 4 is 11.0 Å². The van der Waals surface area contributed by atoms with E-state index >= 15 is 0 Å². The molecule has 12 heavy (non-hydrogen) atoms. The first kappa shape index (κ1) is 6.97. The van der Waals surface area contributed by atoms with E-state index in [0.29, 0.717) is 6.01 Å². The van der Waals surface area contributed by atoms with E-state index < -0.39 is 0 Å². The number of hydrogen-bond acceptors (Lipinski definition) is 4. The first-order valence-electron chi connectivity index (χ1n) is 3.52. The summed E-state index contributed by atoms with van der Waals surface area (Å²) in [5, 5.41) is 0. The summed E-state index contributed by atoms with van der Waals surface area (Å²) in [6.45, 7) is 0. The van der Waals surface area contributed by atoms with Crippen molar-refractivity contribution in [2.45, 2.75) is 0 Å². The van der Waals surface area contributed by atoms with Gasteiger partial charge in [0.05, 0.1) is 18.8 Å². The SMILES string of the molecule is COc1ncc2ncccc2n1. The van der Waals surface area contributed by atoms with Crippen LogP contribution in [0.4, 0.5) is 0 Å². The summed E-state index contributed by atoms with van der Waals surface area (Å²) in [4.78, 5) is 12.1. The molecule has 0 N–H and O–H groups in total. The molecule has 0 saturated carbocycles. The average Bonchev–Trinajstić information content (AvgIpc) is 2.17. The maximum Gasteiger partial charge on any atom is 0.316 e. The highest BCUT2D eigenvalue weighted by Crippen LogP contribution is 2.09. The zero-order valence-electron chi connectivity index (χ0n) is 6.56. The molecular weight excluding hydrogens is 154 g/mol. The first-order valence-corrected chi connectivity index (χ1v) is 3.52. The summed E-state index contributed by atoms with van der Waals surface area (Å²) in [6, 6.07) is 4.07. The van der Waals surface area contributed by atoms with Crippen LogP contribution in [0.25, 0.3) is 11.0 Å². The molecule has 2 rings (SSSR count). The van der Waals surface area contributed by atoms with E-state index in [-0.39, 0.29) is 0 Å². The third-order valence-corrected chi connectivity index (χ3v) is 1.51. The standard InChI is InChI=1S/C8H7N3O/c1-12-8-10-5-7-6(11-8)3-2-4-9-7/h2-5H,1H3. The Morgan fingerprint density at radius 2 is 2.17 bits per heavy atom. The van der Waals surface area contributed by atoms with Crippen molar-refractivity contribution in [1.29, 1.82) is 0 Å². The lowest BCUT2D eigenvalue weighted by Crippen LogP contribution is -1.92. The number of pyridine rings is 1. The predicted octanol–water partition coefficient (Wildman–Crippen LogP) is 1.03. The molecule has 4 nitrogen and oxygen atoms in total. The fourth-order valence-corrected chi connectivity index (χ4v) is 0.950. The maximum absolute atomic E-state index is 4.87. The summed E-state index contributed by atoms with van der Waals surface area (Å²) in [5.74, 6) is 0. The molecule has 0 aliphatic rings. The zero-order valence-corrected chi connectivity index (χ0v) is 6.56. The van der Waals surface area contributed by atoms with Crippen LogP contribution in [0.5, 0.6) is 6.01 Å². The summed E-state index contributed by atoms with van der Waals surface area (Å²) >= 11 is 0. The molecule has 2 aromatic heterocycles. The van der Waals surface area contributed by atoms with Crippen LogP contribution in [0, 0.1) is 0 Å². The van der Waals surface area contributed by atoms with Gasteiger partial charge in [0.2, 0.25) is 0 Å². The number of nitrogens with zero attached hydrogens (tertiary/aromatic N) is 3.